The molecule has 9 nitrogen and oxygen atoms in total. The average Bonchev–Trinajstić information content (AvgIpc) is 2.75. The normalized spacial score (nSPS) is 11.7. The van der Waals surface area contributed by atoms with Crippen LogP contribution in [0.4, 0.5) is 11.4 Å². The molecule has 0 aliphatic heterocycles. The summed E-state index contributed by atoms with van der Waals surface area (Å²) in [5, 5.41) is 10.7. The van der Waals surface area contributed by atoms with Crippen LogP contribution in [0.3, 0.4) is 0 Å². The fourth-order valence-electron chi connectivity index (χ4n) is 2.59. The molecule has 0 saturated carbocycles. The molecule has 0 aliphatic carbocycles. The van der Waals surface area contributed by atoms with Crippen LogP contribution < -0.4 is 24.3 Å². The summed E-state index contributed by atoms with van der Waals surface area (Å²) in [6, 6.07) is 4.77. The number of nitrogens with zero attached hydrogens (tertiary/aromatic N) is 2. The lowest BCUT2D eigenvalue weighted by Gasteiger charge is -2.16. The van der Waals surface area contributed by atoms with Crippen LogP contribution in [-0.4, -0.2) is 46.2 Å². The third-order valence-corrected chi connectivity index (χ3v) is 4.81. The van der Waals surface area contributed by atoms with Crippen LogP contribution in [0.5, 0.6) is 23.0 Å². The van der Waals surface area contributed by atoms with Gasteiger partial charge in [0.15, 0.2) is 17.3 Å². The predicted octanol–water partition coefficient (Wildman–Crippen LogP) is 4.71. The number of hydrogen-bond donors (Lipinski definition) is 1. The summed E-state index contributed by atoms with van der Waals surface area (Å²) in [4.78, 5) is 25.0. The van der Waals surface area contributed by atoms with Crippen molar-refractivity contribution in [2.75, 3.05) is 33.8 Å². The van der Waals surface area contributed by atoms with Crippen LogP contribution in [0.25, 0.3) is 0 Å². The van der Waals surface area contributed by atoms with Crippen molar-refractivity contribution in [3.05, 3.63) is 34.3 Å². The van der Waals surface area contributed by atoms with E-state index in [9.17, 15) is 9.59 Å². The second-order valence-corrected chi connectivity index (χ2v) is 6.79. The topological polar surface area (TPSA) is 108 Å². The zero-order valence-electron chi connectivity index (χ0n) is 17.5. The van der Waals surface area contributed by atoms with Crippen molar-refractivity contribution in [3.63, 3.8) is 0 Å². The maximum absolute atomic E-state index is 12.8. The van der Waals surface area contributed by atoms with Crippen molar-refractivity contribution in [2.24, 2.45) is 10.2 Å². The van der Waals surface area contributed by atoms with E-state index in [1.165, 1.54) is 41.4 Å². The van der Waals surface area contributed by atoms with Gasteiger partial charge in [-0.1, -0.05) is 23.2 Å². The van der Waals surface area contributed by atoms with E-state index in [4.69, 9.17) is 42.1 Å². The first-order valence-electron chi connectivity index (χ1n) is 8.82. The van der Waals surface area contributed by atoms with Gasteiger partial charge in [-0.2, -0.15) is 5.11 Å². The lowest BCUT2D eigenvalue weighted by atomic mass is 10.2. The first kappa shape index (κ1) is 24.2. The van der Waals surface area contributed by atoms with Crippen molar-refractivity contribution in [1.82, 2.24) is 0 Å². The molecule has 0 spiro atoms. The lowest BCUT2D eigenvalue weighted by molar-refractivity contribution is -0.126. The van der Waals surface area contributed by atoms with Crippen LogP contribution >= 0.6 is 23.2 Å². The van der Waals surface area contributed by atoms with E-state index in [-0.39, 0.29) is 32.9 Å². The Bertz CT molecular complexity index is 1010. The van der Waals surface area contributed by atoms with Crippen molar-refractivity contribution in [1.29, 1.82) is 0 Å². The molecule has 0 saturated heterocycles. The summed E-state index contributed by atoms with van der Waals surface area (Å²) >= 11 is 12.5. The van der Waals surface area contributed by atoms with Gasteiger partial charge < -0.3 is 24.3 Å². The average molecular weight is 470 g/mol. The second-order valence-electron chi connectivity index (χ2n) is 6.01. The van der Waals surface area contributed by atoms with E-state index >= 15 is 0 Å². The second kappa shape index (κ2) is 10.8. The van der Waals surface area contributed by atoms with Crippen molar-refractivity contribution in [2.45, 2.75) is 13.0 Å². The van der Waals surface area contributed by atoms with Crippen LogP contribution in [0.15, 0.2) is 34.5 Å². The molecule has 1 atom stereocenters. The molecule has 11 heteroatoms. The largest absolute Gasteiger partial charge is 0.495 e. The third-order valence-electron chi connectivity index (χ3n) is 4.13. The number of nitrogens with one attached hydrogen (secondary N) is 1. The summed E-state index contributed by atoms with van der Waals surface area (Å²) in [6.07, 6.45) is 0. The molecule has 1 N–H and O–H groups in total. The molecule has 1 amide bonds. The first-order valence-corrected chi connectivity index (χ1v) is 9.57. The molecule has 0 bridgehead atoms. The van der Waals surface area contributed by atoms with Gasteiger partial charge in [0.1, 0.15) is 27.9 Å². The summed E-state index contributed by atoms with van der Waals surface area (Å²) in [7, 11) is 5.69. The number of carbonyl (C=O) groups is 2. The Morgan fingerprint density at radius 3 is 2.03 bits per heavy atom. The van der Waals surface area contributed by atoms with Gasteiger partial charge in [0.05, 0.1) is 33.5 Å². The number of ether oxygens (including phenoxy) is 4. The molecule has 166 valence electrons. The van der Waals surface area contributed by atoms with Gasteiger partial charge >= 0.3 is 0 Å². The molecule has 0 aromatic heterocycles. The molecule has 2 aromatic carbocycles. The molecule has 2 rings (SSSR count). The molecule has 0 heterocycles. The zero-order valence-corrected chi connectivity index (χ0v) is 19.0. The van der Waals surface area contributed by atoms with E-state index in [0.717, 1.165) is 0 Å². The Morgan fingerprint density at radius 2 is 1.48 bits per heavy atom. The number of Topliss-reactive ketones (excluding diaryl/α,β-unsaturated/α-hetero) is 1. The smallest absolute Gasteiger partial charge is 0.258 e. The number of benzene rings is 2. The fourth-order valence-corrected chi connectivity index (χ4v) is 3.06. The first-order chi connectivity index (χ1) is 14.8. The van der Waals surface area contributed by atoms with Gasteiger partial charge in [0.2, 0.25) is 6.04 Å². The Labute approximate surface area is 189 Å². The van der Waals surface area contributed by atoms with E-state index < -0.39 is 17.7 Å². The molecule has 0 aliphatic rings. The summed E-state index contributed by atoms with van der Waals surface area (Å²) in [6.45, 7) is 1.21. The van der Waals surface area contributed by atoms with Gasteiger partial charge in [0, 0.05) is 0 Å². The predicted molar refractivity (Wildman–Crippen MR) is 117 cm³/mol. The highest BCUT2D eigenvalue weighted by Crippen LogP contribution is 2.42. The van der Waals surface area contributed by atoms with Crippen LogP contribution in [-0.2, 0) is 9.59 Å². The molecule has 1 unspecified atom stereocenters. The highest BCUT2D eigenvalue weighted by molar-refractivity contribution is 6.35. The third kappa shape index (κ3) is 5.36. The van der Waals surface area contributed by atoms with Gasteiger partial charge in [-0.25, -0.2) is 0 Å². The van der Waals surface area contributed by atoms with Crippen LogP contribution in [0, 0.1) is 0 Å². The van der Waals surface area contributed by atoms with Crippen molar-refractivity contribution in [3.8, 4) is 23.0 Å². The number of halogens is 2. The Morgan fingerprint density at radius 1 is 0.903 bits per heavy atom. The van der Waals surface area contributed by atoms with E-state index in [1.807, 2.05) is 0 Å². The summed E-state index contributed by atoms with van der Waals surface area (Å²) in [5.74, 6) is -0.181. The minimum atomic E-state index is -1.49. The number of anilines is 1. The van der Waals surface area contributed by atoms with E-state index in [2.05, 4.69) is 15.5 Å². The minimum Gasteiger partial charge on any atom is -0.495 e. The standard InChI is InChI=1S/C20H21Cl2N3O6/c1-10(26)16(24-25-18-13(29-3)9-8-12(28-2)15(18)22)20(27)23-17-11(21)6-7-14(30-4)19(17)31-5/h6-9,16H,1-5H3,(H,23,27). The van der Waals surface area contributed by atoms with E-state index in [0.29, 0.717) is 11.5 Å². The number of ketones is 1. The van der Waals surface area contributed by atoms with Gasteiger partial charge in [-0.05, 0) is 31.2 Å². The van der Waals surface area contributed by atoms with Crippen molar-refractivity contribution < 1.29 is 28.5 Å². The Hall–Kier alpha value is -3.04. The fraction of sp³-hybridized carbons (Fsp3) is 0.300. The number of hydrogen-bond acceptors (Lipinski definition) is 8. The highest BCUT2D eigenvalue weighted by atomic mass is 35.5. The van der Waals surface area contributed by atoms with E-state index in [1.54, 1.807) is 18.2 Å². The SMILES string of the molecule is COc1ccc(OC)c(N=NC(C(C)=O)C(=O)Nc2c(Cl)ccc(OC)c2OC)c1Cl. The molecule has 31 heavy (non-hydrogen) atoms. The number of amides is 1. The quantitative estimate of drug-likeness (QED) is 0.420. The summed E-state index contributed by atoms with van der Waals surface area (Å²) in [5.41, 5.74) is 0.242. The molecule has 0 fully saturated rings. The minimum absolute atomic E-state index is 0.111. The summed E-state index contributed by atoms with van der Waals surface area (Å²) < 4.78 is 20.9. The highest BCUT2D eigenvalue weighted by Gasteiger charge is 2.26. The van der Waals surface area contributed by atoms with Gasteiger partial charge in [-0.3, -0.25) is 9.59 Å². The zero-order chi connectivity index (χ0) is 23.1. The monoisotopic (exact) mass is 469 g/mol. The molecule has 0 radical (unpaired) electrons. The molecule has 2 aromatic rings. The maximum atomic E-state index is 12.8. The Balaban J connectivity index is 2.41. The maximum Gasteiger partial charge on any atom is 0.258 e. The van der Waals surface area contributed by atoms with Crippen LogP contribution in [0.2, 0.25) is 10.0 Å². The van der Waals surface area contributed by atoms with Gasteiger partial charge in [-0.15, -0.1) is 5.11 Å². The van der Waals surface area contributed by atoms with Gasteiger partial charge in [0.25, 0.3) is 5.91 Å². The lowest BCUT2D eigenvalue weighted by Crippen LogP contribution is -2.32. The number of rotatable bonds is 9. The van der Waals surface area contributed by atoms with Crippen LogP contribution in [0.1, 0.15) is 6.92 Å². The Kier molecular flexibility index (Phi) is 8.47. The number of azo groups is 1. The number of carbonyl (C=O) groups excluding carboxylic acids is 2. The number of methoxy groups -OCH3 is 4. The van der Waals surface area contributed by atoms with Crippen molar-refractivity contribution >= 4 is 46.3 Å². The molecular weight excluding hydrogens is 449 g/mol. The molecular formula is C20H21Cl2N3O6.